The summed E-state index contributed by atoms with van der Waals surface area (Å²) in [5.74, 6) is 0. The van der Waals surface area contributed by atoms with E-state index in [-0.39, 0.29) is 6.04 Å². The van der Waals surface area contributed by atoms with E-state index in [1.165, 1.54) is 5.56 Å². The summed E-state index contributed by atoms with van der Waals surface area (Å²) in [6.45, 7) is 7.04. The van der Waals surface area contributed by atoms with Gasteiger partial charge in [0.05, 0.1) is 18.9 Å². The van der Waals surface area contributed by atoms with Crippen LogP contribution in [0.15, 0.2) is 0 Å². The molecule has 1 aliphatic heterocycles. The highest BCUT2D eigenvalue weighted by Gasteiger charge is 2.30. The first-order valence-electron chi connectivity index (χ1n) is 4.89. The Morgan fingerprint density at radius 1 is 1.36 bits per heavy atom. The van der Waals surface area contributed by atoms with Gasteiger partial charge in [-0.3, -0.25) is 4.68 Å². The summed E-state index contributed by atoms with van der Waals surface area (Å²) < 4.78 is 7.11. The van der Waals surface area contributed by atoms with Crippen molar-refractivity contribution in [3.8, 4) is 0 Å². The van der Waals surface area contributed by atoms with Crippen LogP contribution in [0, 0.1) is 20.8 Å². The second-order valence-electron chi connectivity index (χ2n) is 3.91. The molecule has 1 aromatic rings. The smallest absolute Gasteiger partial charge is 0.104 e. The maximum atomic E-state index is 9.68. The Kier molecular flexibility index (Phi) is 2.33. The molecule has 4 nitrogen and oxygen atoms in total. The maximum Gasteiger partial charge on any atom is 0.104 e. The van der Waals surface area contributed by atoms with Crippen molar-refractivity contribution in [3.05, 3.63) is 17.0 Å². The zero-order chi connectivity index (χ0) is 10.3. The zero-order valence-corrected chi connectivity index (χ0v) is 8.82. The largest absolute Gasteiger partial charge is 0.388 e. The highest BCUT2D eigenvalue weighted by atomic mass is 16.5. The predicted octanol–water partition coefficient (Wildman–Crippen LogP) is 0.741. The van der Waals surface area contributed by atoms with E-state index in [1.54, 1.807) is 0 Å². The van der Waals surface area contributed by atoms with Crippen LogP contribution in [0.25, 0.3) is 0 Å². The fourth-order valence-corrected chi connectivity index (χ4v) is 1.83. The molecule has 1 aliphatic rings. The third-order valence-electron chi connectivity index (χ3n) is 3.02. The minimum Gasteiger partial charge on any atom is -0.388 e. The van der Waals surface area contributed by atoms with Gasteiger partial charge in [0.1, 0.15) is 12.1 Å². The van der Waals surface area contributed by atoms with Crippen molar-refractivity contribution in [2.45, 2.75) is 32.9 Å². The van der Waals surface area contributed by atoms with Crippen LogP contribution in [0.4, 0.5) is 0 Å². The summed E-state index contributed by atoms with van der Waals surface area (Å²) in [4.78, 5) is 0. The molecule has 2 unspecified atom stereocenters. The van der Waals surface area contributed by atoms with Crippen LogP contribution in [0.5, 0.6) is 0 Å². The lowest BCUT2D eigenvalue weighted by Gasteiger charge is -2.14. The van der Waals surface area contributed by atoms with Gasteiger partial charge in [-0.2, -0.15) is 5.10 Å². The molecule has 2 atom stereocenters. The molecular formula is C10H16N2O2. The first kappa shape index (κ1) is 9.68. The molecule has 1 fully saturated rings. The molecule has 0 radical (unpaired) electrons. The Balaban J connectivity index is 2.36. The molecule has 0 aromatic carbocycles. The van der Waals surface area contributed by atoms with Crippen LogP contribution in [-0.2, 0) is 4.74 Å². The van der Waals surface area contributed by atoms with Gasteiger partial charge in [0.25, 0.3) is 0 Å². The third kappa shape index (κ3) is 1.35. The topological polar surface area (TPSA) is 47.3 Å². The minimum atomic E-state index is -0.424. The second-order valence-corrected chi connectivity index (χ2v) is 3.91. The zero-order valence-electron chi connectivity index (χ0n) is 8.82. The standard InChI is InChI=1S/C10H16N2O2/c1-6-7(2)11-12(8(6)3)9-4-14-5-10(9)13/h9-10,13H,4-5H2,1-3H3. The molecule has 4 heteroatoms. The third-order valence-corrected chi connectivity index (χ3v) is 3.02. The fraction of sp³-hybridized carbons (Fsp3) is 0.700. The average Bonchev–Trinajstić information content (AvgIpc) is 2.66. The summed E-state index contributed by atoms with van der Waals surface area (Å²) >= 11 is 0. The molecule has 14 heavy (non-hydrogen) atoms. The number of nitrogens with zero attached hydrogens (tertiary/aromatic N) is 2. The molecule has 0 saturated carbocycles. The lowest BCUT2D eigenvalue weighted by Crippen LogP contribution is -2.24. The second kappa shape index (κ2) is 3.37. The van der Waals surface area contributed by atoms with Gasteiger partial charge >= 0.3 is 0 Å². The van der Waals surface area contributed by atoms with Crippen molar-refractivity contribution in [1.29, 1.82) is 0 Å². The highest BCUT2D eigenvalue weighted by Crippen LogP contribution is 2.23. The molecule has 1 aromatic heterocycles. The summed E-state index contributed by atoms with van der Waals surface area (Å²) in [7, 11) is 0. The van der Waals surface area contributed by atoms with E-state index in [0.29, 0.717) is 13.2 Å². The van der Waals surface area contributed by atoms with Gasteiger partial charge in [-0.25, -0.2) is 0 Å². The fourth-order valence-electron chi connectivity index (χ4n) is 1.83. The monoisotopic (exact) mass is 196 g/mol. The van der Waals surface area contributed by atoms with E-state index in [9.17, 15) is 5.11 Å². The Morgan fingerprint density at radius 3 is 2.50 bits per heavy atom. The molecular weight excluding hydrogens is 180 g/mol. The van der Waals surface area contributed by atoms with Crippen LogP contribution in [0.1, 0.15) is 23.0 Å². The molecule has 2 heterocycles. The van der Waals surface area contributed by atoms with Gasteiger partial charge in [0.15, 0.2) is 0 Å². The Hall–Kier alpha value is -0.870. The SMILES string of the molecule is Cc1nn(C2COCC2O)c(C)c1C. The number of aryl methyl sites for hydroxylation is 1. The molecule has 78 valence electrons. The Bertz CT molecular complexity index is 346. The van der Waals surface area contributed by atoms with Crippen LogP contribution in [-0.4, -0.2) is 34.2 Å². The number of aliphatic hydroxyl groups is 1. The number of aromatic nitrogens is 2. The summed E-state index contributed by atoms with van der Waals surface area (Å²) in [5.41, 5.74) is 3.35. The number of aliphatic hydroxyl groups excluding tert-OH is 1. The van der Waals surface area contributed by atoms with Crippen LogP contribution in [0.2, 0.25) is 0 Å². The van der Waals surface area contributed by atoms with Gasteiger partial charge < -0.3 is 9.84 Å². The normalized spacial score (nSPS) is 27.1. The minimum absolute atomic E-state index is 0.0117. The predicted molar refractivity (Wildman–Crippen MR) is 52.3 cm³/mol. The first-order chi connectivity index (χ1) is 6.61. The summed E-state index contributed by atoms with van der Waals surface area (Å²) in [6, 6.07) is -0.0117. The molecule has 0 bridgehead atoms. The van der Waals surface area contributed by atoms with Crippen molar-refractivity contribution >= 4 is 0 Å². The first-order valence-corrected chi connectivity index (χ1v) is 4.89. The van der Waals surface area contributed by atoms with E-state index >= 15 is 0 Å². The van der Waals surface area contributed by atoms with Gasteiger partial charge in [0.2, 0.25) is 0 Å². The van der Waals surface area contributed by atoms with Crippen molar-refractivity contribution in [3.63, 3.8) is 0 Å². The van der Waals surface area contributed by atoms with Crippen molar-refractivity contribution < 1.29 is 9.84 Å². The molecule has 0 amide bonds. The lowest BCUT2D eigenvalue weighted by atomic mass is 10.2. The van der Waals surface area contributed by atoms with E-state index in [1.807, 2.05) is 18.5 Å². The van der Waals surface area contributed by atoms with E-state index < -0.39 is 6.10 Å². The van der Waals surface area contributed by atoms with E-state index in [2.05, 4.69) is 12.0 Å². The lowest BCUT2D eigenvalue weighted by molar-refractivity contribution is 0.117. The van der Waals surface area contributed by atoms with Gasteiger partial charge in [-0.1, -0.05) is 0 Å². The maximum absolute atomic E-state index is 9.68. The Labute approximate surface area is 83.5 Å². The number of rotatable bonds is 1. The summed E-state index contributed by atoms with van der Waals surface area (Å²) in [5, 5.41) is 14.1. The molecule has 0 aliphatic carbocycles. The van der Waals surface area contributed by atoms with Crippen molar-refractivity contribution in [2.75, 3.05) is 13.2 Å². The summed E-state index contributed by atoms with van der Waals surface area (Å²) in [6.07, 6.45) is -0.424. The van der Waals surface area contributed by atoms with Crippen molar-refractivity contribution in [2.24, 2.45) is 0 Å². The molecule has 1 saturated heterocycles. The quantitative estimate of drug-likeness (QED) is 0.720. The molecule has 1 N–H and O–H groups in total. The molecule has 2 rings (SSSR count). The van der Waals surface area contributed by atoms with Crippen molar-refractivity contribution in [1.82, 2.24) is 9.78 Å². The van der Waals surface area contributed by atoms with Crippen LogP contribution >= 0.6 is 0 Å². The van der Waals surface area contributed by atoms with E-state index in [0.717, 1.165) is 11.4 Å². The van der Waals surface area contributed by atoms with Gasteiger partial charge in [-0.05, 0) is 26.3 Å². The Morgan fingerprint density at radius 2 is 2.07 bits per heavy atom. The average molecular weight is 196 g/mol. The highest BCUT2D eigenvalue weighted by molar-refractivity contribution is 5.23. The van der Waals surface area contributed by atoms with Gasteiger partial charge in [0, 0.05) is 5.69 Å². The number of ether oxygens (including phenoxy) is 1. The molecule has 0 spiro atoms. The van der Waals surface area contributed by atoms with Crippen LogP contribution < -0.4 is 0 Å². The van der Waals surface area contributed by atoms with Gasteiger partial charge in [-0.15, -0.1) is 0 Å². The number of hydrogen-bond acceptors (Lipinski definition) is 3. The van der Waals surface area contributed by atoms with Crippen LogP contribution in [0.3, 0.4) is 0 Å². The van der Waals surface area contributed by atoms with E-state index in [4.69, 9.17) is 4.74 Å². The number of hydrogen-bond donors (Lipinski definition) is 1.